The number of halogens is 4. The maximum atomic E-state index is 6.19. The third kappa shape index (κ3) is 5.02. The van der Waals surface area contributed by atoms with Crippen LogP contribution in [0.25, 0.3) is 0 Å². The average molecular weight is 446 g/mol. The third-order valence-electron chi connectivity index (χ3n) is 3.41. The van der Waals surface area contributed by atoms with Crippen molar-refractivity contribution in [1.29, 1.82) is 0 Å². The fourth-order valence-electron chi connectivity index (χ4n) is 2.20. The molecular weight excluding hydrogens is 434 g/mol. The van der Waals surface area contributed by atoms with Gasteiger partial charge >= 0.3 is 0 Å². The minimum absolute atomic E-state index is 0.351. The highest BCUT2D eigenvalue weighted by Crippen LogP contribution is 2.25. The Morgan fingerprint density at radius 3 is 2.42 bits per heavy atom. The van der Waals surface area contributed by atoms with E-state index in [1.807, 2.05) is 12.3 Å². The Morgan fingerprint density at radius 1 is 0.923 bits per heavy atom. The highest BCUT2D eigenvalue weighted by atomic mass is 35.5. The molecule has 0 aliphatic rings. The molecule has 0 aliphatic heterocycles. The zero-order valence-corrected chi connectivity index (χ0v) is 17.0. The molecule has 0 atom stereocenters. The highest BCUT2D eigenvalue weighted by molar-refractivity contribution is 7.80. The lowest BCUT2D eigenvalue weighted by Crippen LogP contribution is -2.19. The molecule has 2 aromatic carbocycles. The summed E-state index contributed by atoms with van der Waals surface area (Å²) in [5.41, 5.74) is 1.53. The summed E-state index contributed by atoms with van der Waals surface area (Å²) >= 11 is 29.5. The van der Waals surface area contributed by atoms with Crippen LogP contribution in [-0.4, -0.2) is 14.9 Å². The summed E-state index contributed by atoms with van der Waals surface area (Å²) in [6.07, 6.45) is 1.82. The van der Waals surface area contributed by atoms with E-state index in [9.17, 15) is 0 Å². The molecule has 0 bridgehead atoms. The highest BCUT2D eigenvalue weighted by Gasteiger charge is 2.07. The monoisotopic (exact) mass is 444 g/mol. The van der Waals surface area contributed by atoms with Crippen molar-refractivity contribution in [3.63, 3.8) is 0 Å². The van der Waals surface area contributed by atoms with Crippen LogP contribution in [0.15, 0.2) is 48.7 Å². The zero-order chi connectivity index (χ0) is 18.7. The van der Waals surface area contributed by atoms with Gasteiger partial charge in [0.25, 0.3) is 0 Å². The van der Waals surface area contributed by atoms with Crippen LogP contribution in [-0.2, 0) is 6.54 Å². The molecule has 0 amide bonds. The van der Waals surface area contributed by atoms with Gasteiger partial charge in [-0.25, -0.2) is 0 Å². The van der Waals surface area contributed by atoms with Crippen LogP contribution in [0.5, 0.6) is 0 Å². The fraction of sp³-hybridized carbons (Fsp3) is 0.0588. The fourth-order valence-corrected chi connectivity index (χ4v) is 3.22. The van der Waals surface area contributed by atoms with Crippen molar-refractivity contribution in [2.24, 2.45) is 0 Å². The molecule has 1 heterocycles. The van der Waals surface area contributed by atoms with Gasteiger partial charge in [-0.05, 0) is 48.1 Å². The number of anilines is 2. The zero-order valence-electron chi connectivity index (χ0n) is 13.1. The van der Waals surface area contributed by atoms with Crippen LogP contribution < -0.4 is 10.6 Å². The maximum Gasteiger partial charge on any atom is 0.176 e. The first-order chi connectivity index (χ1) is 12.4. The number of rotatable bonds is 4. The standard InChI is InChI=1S/C17H12Cl4N4S/c18-11-2-1-10(14(21)7-11)9-25-6-5-16(24-25)23-17(26)22-15-8-12(19)3-4-13(15)20/h1-8H,9H2,(H2,22,23,24,26). The molecule has 9 heteroatoms. The number of aromatic nitrogens is 2. The van der Waals surface area contributed by atoms with Gasteiger partial charge in [0, 0.05) is 27.3 Å². The van der Waals surface area contributed by atoms with E-state index in [0.717, 1.165) is 5.56 Å². The molecule has 0 fully saturated rings. The molecule has 0 saturated carbocycles. The topological polar surface area (TPSA) is 41.9 Å². The second-order valence-electron chi connectivity index (χ2n) is 5.34. The van der Waals surface area contributed by atoms with Crippen molar-refractivity contribution in [3.05, 3.63) is 74.3 Å². The molecule has 3 aromatic rings. The summed E-state index contributed by atoms with van der Waals surface area (Å²) in [6, 6.07) is 12.3. The summed E-state index contributed by atoms with van der Waals surface area (Å²) in [4.78, 5) is 0. The lowest BCUT2D eigenvalue weighted by atomic mass is 10.2. The summed E-state index contributed by atoms with van der Waals surface area (Å²) in [6.45, 7) is 0.512. The molecule has 0 unspecified atom stereocenters. The number of hydrogen-bond acceptors (Lipinski definition) is 2. The molecule has 0 spiro atoms. The molecule has 0 saturated heterocycles. The molecule has 4 nitrogen and oxygen atoms in total. The summed E-state index contributed by atoms with van der Waals surface area (Å²) in [5.74, 6) is 0.589. The van der Waals surface area contributed by atoms with Crippen molar-refractivity contribution in [1.82, 2.24) is 9.78 Å². The first-order valence-electron chi connectivity index (χ1n) is 7.41. The van der Waals surface area contributed by atoms with Gasteiger partial charge in [0.15, 0.2) is 10.9 Å². The number of benzene rings is 2. The minimum atomic E-state index is 0.351. The van der Waals surface area contributed by atoms with E-state index in [-0.39, 0.29) is 0 Å². The van der Waals surface area contributed by atoms with Crippen LogP contribution in [0.1, 0.15) is 5.56 Å². The van der Waals surface area contributed by atoms with Crippen molar-refractivity contribution in [3.8, 4) is 0 Å². The van der Waals surface area contributed by atoms with E-state index in [4.69, 9.17) is 58.6 Å². The summed E-state index contributed by atoms with van der Waals surface area (Å²) in [7, 11) is 0. The Morgan fingerprint density at radius 2 is 1.65 bits per heavy atom. The second-order valence-corrected chi connectivity index (χ2v) is 7.43. The van der Waals surface area contributed by atoms with E-state index in [1.54, 1.807) is 41.1 Å². The van der Waals surface area contributed by atoms with Gasteiger partial charge in [-0.15, -0.1) is 0 Å². The Bertz CT molecular complexity index is 958. The van der Waals surface area contributed by atoms with Crippen molar-refractivity contribution < 1.29 is 0 Å². The third-order valence-corrected chi connectivity index (χ3v) is 4.76. The van der Waals surface area contributed by atoms with Gasteiger partial charge in [-0.2, -0.15) is 5.10 Å². The van der Waals surface area contributed by atoms with Crippen LogP contribution in [0, 0.1) is 0 Å². The Kier molecular flexibility index (Phi) is 6.27. The van der Waals surface area contributed by atoms with Crippen LogP contribution in [0.2, 0.25) is 20.1 Å². The SMILES string of the molecule is S=C(Nc1ccn(Cc2ccc(Cl)cc2Cl)n1)Nc1cc(Cl)ccc1Cl. The predicted molar refractivity (Wildman–Crippen MR) is 114 cm³/mol. The van der Waals surface area contributed by atoms with E-state index < -0.39 is 0 Å². The van der Waals surface area contributed by atoms with Gasteiger partial charge in [0.05, 0.1) is 17.3 Å². The lowest BCUT2D eigenvalue weighted by Gasteiger charge is -2.10. The molecule has 0 aliphatic carbocycles. The lowest BCUT2D eigenvalue weighted by molar-refractivity contribution is 0.690. The molecule has 2 N–H and O–H groups in total. The van der Waals surface area contributed by atoms with E-state index in [0.29, 0.717) is 43.3 Å². The van der Waals surface area contributed by atoms with Gasteiger partial charge in [-0.3, -0.25) is 4.68 Å². The first-order valence-corrected chi connectivity index (χ1v) is 9.33. The van der Waals surface area contributed by atoms with E-state index in [1.165, 1.54) is 0 Å². The van der Waals surface area contributed by atoms with E-state index >= 15 is 0 Å². The number of hydrogen-bond donors (Lipinski definition) is 2. The second kappa shape index (κ2) is 8.46. The predicted octanol–water partition coefficient (Wildman–Crippen LogP) is 6.35. The van der Waals surface area contributed by atoms with Gasteiger partial charge in [-0.1, -0.05) is 52.5 Å². The average Bonchev–Trinajstić information content (AvgIpc) is 3.00. The molecule has 3 rings (SSSR count). The molecular formula is C17H12Cl4N4S. The van der Waals surface area contributed by atoms with Crippen molar-refractivity contribution in [2.75, 3.05) is 10.6 Å². The maximum absolute atomic E-state index is 6.19. The Hall–Kier alpha value is -1.50. The van der Waals surface area contributed by atoms with Crippen LogP contribution in [0.3, 0.4) is 0 Å². The smallest absolute Gasteiger partial charge is 0.176 e. The van der Waals surface area contributed by atoms with Crippen LogP contribution in [0.4, 0.5) is 11.5 Å². The molecule has 26 heavy (non-hydrogen) atoms. The normalized spacial score (nSPS) is 10.6. The van der Waals surface area contributed by atoms with Gasteiger partial charge in [0.2, 0.25) is 0 Å². The molecule has 134 valence electrons. The Balaban J connectivity index is 1.64. The van der Waals surface area contributed by atoms with Crippen LogP contribution >= 0.6 is 58.6 Å². The largest absolute Gasteiger partial charge is 0.331 e. The summed E-state index contributed by atoms with van der Waals surface area (Å²) < 4.78 is 1.74. The van der Waals surface area contributed by atoms with Gasteiger partial charge < -0.3 is 10.6 Å². The first kappa shape index (κ1) is 19.3. The molecule has 0 radical (unpaired) electrons. The van der Waals surface area contributed by atoms with E-state index in [2.05, 4.69) is 15.7 Å². The number of thiocarbonyl (C=S) groups is 1. The van der Waals surface area contributed by atoms with Crippen molar-refractivity contribution in [2.45, 2.75) is 6.54 Å². The Labute approximate surface area is 176 Å². The minimum Gasteiger partial charge on any atom is -0.331 e. The van der Waals surface area contributed by atoms with Gasteiger partial charge in [0.1, 0.15) is 0 Å². The molecule has 1 aromatic heterocycles. The number of nitrogens with zero attached hydrogens (tertiary/aromatic N) is 2. The number of nitrogens with one attached hydrogen (secondary N) is 2. The van der Waals surface area contributed by atoms with Crippen molar-refractivity contribution >= 4 is 75.2 Å². The quantitative estimate of drug-likeness (QED) is 0.458. The summed E-state index contributed by atoms with van der Waals surface area (Å²) in [5, 5.41) is 13.0.